The number of benzene rings is 1. The molecule has 1 aromatic carbocycles. The fourth-order valence-corrected chi connectivity index (χ4v) is 2.88. The van der Waals surface area contributed by atoms with E-state index in [1.807, 2.05) is 0 Å². The zero-order valence-corrected chi connectivity index (χ0v) is 13.5. The van der Waals surface area contributed by atoms with Gasteiger partial charge in [0.05, 0.1) is 12.2 Å². The first-order chi connectivity index (χ1) is 11.3. The van der Waals surface area contributed by atoms with Crippen LogP contribution < -0.4 is 0 Å². The molecule has 0 aliphatic rings. The molecule has 2 rings (SSSR count). The lowest BCUT2D eigenvalue weighted by Gasteiger charge is -2.18. The van der Waals surface area contributed by atoms with Crippen LogP contribution in [0.4, 0.5) is 0 Å². The molecule has 2 atom stereocenters. The van der Waals surface area contributed by atoms with E-state index in [0.29, 0.717) is 22.2 Å². The largest absolute Gasteiger partial charge is 0.478 e. The number of fused-ring (bicyclic) bond motifs is 1. The second-order valence-electron chi connectivity index (χ2n) is 5.45. The van der Waals surface area contributed by atoms with Gasteiger partial charge in [0.25, 0.3) is 0 Å². The molecule has 0 fully saturated rings. The van der Waals surface area contributed by atoms with Crippen LogP contribution in [0, 0.1) is 17.0 Å². The molecule has 2 unspecified atom stereocenters. The molecule has 1 aromatic heterocycles. The number of aromatic amines is 1. The summed E-state index contributed by atoms with van der Waals surface area (Å²) in [5.41, 5.74) is 1.29. The van der Waals surface area contributed by atoms with Crippen LogP contribution in [0.1, 0.15) is 41.4 Å². The highest BCUT2D eigenvalue weighted by Gasteiger charge is 2.39. The Morgan fingerprint density at radius 1 is 1.42 bits per heavy atom. The number of nitrogens with one attached hydrogen (secondary N) is 1. The molecule has 0 radical (unpaired) electrons. The summed E-state index contributed by atoms with van der Waals surface area (Å²) in [6.45, 7) is 4.65. The number of rotatable bonds is 6. The first kappa shape index (κ1) is 17.5. The van der Waals surface area contributed by atoms with E-state index in [1.54, 1.807) is 26.0 Å². The maximum Gasteiger partial charge on any atom is 0.336 e. The van der Waals surface area contributed by atoms with Gasteiger partial charge in [-0.05, 0) is 26.0 Å². The first-order valence-electron chi connectivity index (χ1n) is 7.44. The maximum atomic E-state index is 12.4. The molecular weight excluding hydrogens is 316 g/mol. The third-order valence-electron chi connectivity index (χ3n) is 3.96. The zero-order valence-electron chi connectivity index (χ0n) is 13.5. The van der Waals surface area contributed by atoms with Crippen LogP contribution in [0.2, 0.25) is 0 Å². The Balaban J connectivity index is 2.78. The second-order valence-corrected chi connectivity index (χ2v) is 5.45. The number of aryl methyl sites for hydroxylation is 1. The van der Waals surface area contributed by atoms with Crippen molar-refractivity contribution in [1.29, 1.82) is 0 Å². The fourth-order valence-electron chi connectivity index (χ4n) is 2.88. The van der Waals surface area contributed by atoms with Crippen molar-refractivity contribution in [3.05, 3.63) is 45.1 Å². The van der Waals surface area contributed by atoms with Crippen molar-refractivity contribution < 1.29 is 24.4 Å². The van der Waals surface area contributed by atoms with Crippen LogP contribution in [-0.4, -0.2) is 39.6 Å². The van der Waals surface area contributed by atoms with E-state index in [9.17, 15) is 24.8 Å². The number of hydrogen-bond donors (Lipinski definition) is 2. The van der Waals surface area contributed by atoms with Crippen molar-refractivity contribution in [2.45, 2.75) is 32.7 Å². The predicted molar refractivity (Wildman–Crippen MR) is 85.8 cm³/mol. The number of aromatic nitrogens is 1. The second kappa shape index (κ2) is 6.69. The molecule has 0 saturated heterocycles. The molecule has 0 saturated carbocycles. The number of carboxylic acids is 1. The van der Waals surface area contributed by atoms with Gasteiger partial charge in [-0.2, -0.15) is 0 Å². The van der Waals surface area contributed by atoms with E-state index < -0.39 is 28.8 Å². The third-order valence-corrected chi connectivity index (χ3v) is 3.96. The number of aromatic carboxylic acids is 1. The predicted octanol–water partition coefficient (Wildman–Crippen LogP) is 2.49. The molecule has 0 bridgehead atoms. The summed E-state index contributed by atoms with van der Waals surface area (Å²) in [4.78, 5) is 37.6. The van der Waals surface area contributed by atoms with Crippen molar-refractivity contribution in [3.8, 4) is 0 Å². The molecule has 2 aromatic rings. The summed E-state index contributed by atoms with van der Waals surface area (Å²) in [6.07, 6.45) is 0. The molecular formula is C16H18N2O6. The van der Waals surface area contributed by atoms with Crippen LogP contribution >= 0.6 is 0 Å². The minimum atomic E-state index is -1.26. The maximum absolute atomic E-state index is 12.4. The number of nitrogens with zero attached hydrogens (tertiary/aromatic N) is 1. The molecule has 0 aliphatic heterocycles. The SMILES string of the molecule is CCOC(=O)C(c1c(C)[nH]c2cccc(C(=O)O)c12)C(C)[N+](=O)[O-]. The molecule has 0 spiro atoms. The topological polar surface area (TPSA) is 123 Å². The van der Waals surface area contributed by atoms with Crippen LogP contribution in [-0.2, 0) is 9.53 Å². The summed E-state index contributed by atoms with van der Waals surface area (Å²) in [5, 5.41) is 21.0. The molecule has 8 nitrogen and oxygen atoms in total. The molecule has 0 aliphatic carbocycles. The quantitative estimate of drug-likeness (QED) is 0.475. The molecule has 1 heterocycles. The van der Waals surface area contributed by atoms with Crippen molar-refractivity contribution in [3.63, 3.8) is 0 Å². The van der Waals surface area contributed by atoms with Crippen molar-refractivity contribution in [2.75, 3.05) is 6.61 Å². The van der Waals surface area contributed by atoms with Crippen molar-refractivity contribution >= 4 is 22.8 Å². The van der Waals surface area contributed by atoms with Crippen LogP contribution in [0.25, 0.3) is 10.9 Å². The lowest BCUT2D eigenvalue weighted by molar-refractivity contribution is -0.520. The first-order valence-corrected chi connectivity index (χ1v) is 7.44. The zero-order chi connectivity index (χ0) is 18.0. The van der Waals surface area contributed by atoms with Gasteiger partial charge in [-0.25, -0.2) is 4.79 Å². The standard InChI is InChI=1S/C16H18N2O6/c1-4-24-16(21)13(9(3)18(22)23)12-8(2)17-11-7-5-6-10(14(11)12)15(19)20/h5-7,9,13,17H,4H2,1-3H3,(H,19,20). The van der Waals surface area contributed by atoms with E-state index in [1.165, 1.54) is 13.0 Å². The van der Waals surface area contributed by atoms with Crippen molar-refractivity contribution in [1.82, 2.24) is 4.98 Å². The summed E-state index contributed by atoms with van der Waals surface area (Å²) in [6, 6.07) is 3.38. The van der Waals surface area contributed by atoms with Crippen LogP contribution in [0.3, 0.4) is 0 Å². The Kier molecular flexibility index (Phi) is 4.87. The van der Waals surface area contributed by atoms with Crippen LogP contribution in [0.15, 0.2) is 18.2 Å². The number of carbonyl (C=O) groups is 2. The van der Waals surface area contributed by atoms with E-state index in [4.69, 9.17) is 4.74 Å². The number of nitro groups is 1. The lowest BCUT2D eigenvalue weighted by Crippen LogP contribution is -2.32. The Morgan fingerprint density at radius 2 is 2.08 bits per heavy atom. The van der Waals surface area contributed by atoms with Gasteiger partial charge in [-0.3, -0.25) is 14.9 Å². The van der Waals surface area contributed by atoms with Crippen LogP contribution in [0.5, 0.6) is 0 Å². The van der Waals surface area contributed by atoms with E-state index >= 15 is 0 Å². The summed E-state index contributed by atoms with van der Waals surface area (Å²) in [5.74, 6) is -3.11. The number of ether oxygens (including phenoxy) is 1. The fraction of sp³-hybridized carbons (Fsp3) is 0.375. The summed E-state index contributed by atoms with van der Waals surface area (Å²) < 4.78 is 5.00. The highest BCUT2D eigenvalue weighted by atomic mass is 16.6. The number of esters is 1. The van der Waals surface area contributed by atoms with Gasteiger partial charge in [0.15, 0.2) is 5.92 Å². The number of H-pyrrole nitrogens is 1. The average molecular weight is 334 g/mol. The molecule has 0 amide bonds. The highest BCUT2D eigenvalue weighted by Crippen LogP contribution is 2.35. The average Bonchev–Trinajstić information content (AvgIpc) is 2.83. The van der Waals surface area contributed by atoms with E-state index in [-0.39, 0.29) is 12.2 Å². The normalized spacial score (nSPS) is 13.5. The third kappa shape index (κ3) is 2.94. The van der Waals surface area contributed by atoms with Gasteiger partial charge in [0.1, 0.15) is 0 Å². The van der Waals surface area contributed by atoms with Gasteiger partial charge in [0.2, 0.25) is 6.04 Å². The Hall–Kier alpha value is -2.90. The molecule has 8 heteroatoms. The van der Waals surface area contributed by atoms with E-state index in [0.717, 1.165) is 0 Å². The Morgan fingerprint density at radius 3 is 2.62 bits per heavy atom. The highest BCUT2D eigenvalue weighted by molar-refractivity contribution is 6.06. The number of hydrogen-bond acceptors (Lipinski definition) is 5. The smallest absolute Gasteiger partial charge is 0.336 e. The molecule has 2 N–H and O–H groups in total. The van der Waals surface area contributed by atoms with Gasteiger partial charge < -0.3 is 14.8 Å². The number of carbonyl (C=O) groups excluding carboxylic acids is 1. The molecule has 24 heavy (non-hydrogen) atoms. The van der Waals surface area contributed by atoms with Crippen molar-refractivity contribution in [2.24, 2.45) is 0 Å². The minimum Gasteiger partial charge on any atom is -0.478 e. The van der Waals surface area contributed by atoms with Gasteiger partial charge in [-0.15, -0.1) is 0 Å². The van der Waals surface area contributed by atoms with Gasteiger partial charge in [-0.1, -0.05) is 6.07 Å². The summed E-state index contributed by atoms with van der Waals surface area (Å²) >= 11 is 0. The Labute approximate surface area is 137 Å². The monoisotopic (exact) mass is 334 g/mol. The lowest BCUT2D eigenvalue weighted by atomic mass is 9.89. The number of carboxylic acid groups (broad SMARTS) is 1. The van der Waals surface area contributed by atoms with E-state index in [2.05, 4.69) is 4.98 Å². The minimum absolute atomic E-state index is 0.0169. The van der Waals surface area contributed by atoms with Gasteiger partial charge in [0, 0.05) is 34.0 Å². The Bertz CT molecular complexity index is 810. The summed E-state index contributed by atoms with van der Waals surface area (Å²) in [7, 11) is 0. The van der Waals surface area contributed by atoms with Gasteiger partial charge >= 0.3 is 11.9 Å². The molecule has 128 valence electrons.